The minimum absolute atomic E-state index is 0.00766. The van der Waals surface area contributed by atoms with Gasteiger partial charge in [-0.2, -0.15) is 0 Å². The Balaban J connectivity index is 1.54. The largest absolute Gasteiger partial charge is 0.495 e. The van der Waals surface area contributed by atoms with Crippen LogP contribution in [0.2, 0.25) is 0 Å². The number of thioether (sulfide) groups is 1. The minimum Gasteiger partial charge on any atom is -0.495 e. The molecule has 2 aliphatic rings. The number of benzene rings is 3. The summed E-state index contributed by atoms with van der Waals surface area (Å²) in [5, 5.41) is 10.2. The maximum absolute atomic E-state index is 14.9. The summed E-state index contributed by atoms with van der Waals surface area (Å²) in [7, 11) is 1.65. The number of hydrogen-bond acceptors (Lipinski definition) is 5. The van der Waals surface area contributed by atoms with Gasteiger partial charge < -0.3 is 4.74 Å². The molecule has 6 nitrogen and oxygen atoms in total. The topological polar surface area (TPSA) is 61.4 Å². The molecular formula is C34H34N4O2S. The van der Waals surface area contributed by atoms with E-state index in [0.717, 1.165) is 59.8 Å². The van der Waals surface area contributed by atoms with E-state index in [4.69, 9.17) is 14.9 Å². The summed E-state index contributed by atoms with van der Waals surface area (Å²) in [6.07, 6.45) is 6.37. The summed E-state index contributed by atoms with van der Waals surface area (Å²) in [6, 6.07) is 22.9. The Hall–Kier alpha value is -3.84. The Morgan fingerprint density at radius 2 is 1.73 bits per heavy atom. The van der Waals surface area contributed by atoms with Gasteiger partial charge in [0.15, 0.2) is 5.16 Å². The molecule has 208 valence electrons. The number of ether oxygens (including phenoxy) is 1. The number of aromatic nitrogens is 4. The van der Waals surface area contributed by atoms with Crippen molar-refractivity contribution in [1.29, 1.82) is 0 Å². The lowest BCUT2D eigenvalue weighted by Crippen LogP contribution is -2.43. The zero-order valence-electron chi connectivity index (χ0n) is 23.8. The molecule has 0 bridgehead atoms. The van der Waals surface area contributed by atoms with Crippen LogP contribution in [0.15, 0.2) is 76.7 Å². The van der Waals surface area contributed by atoms with Crippen molar-refractivity contribution in [3.8, 4) is 22.7 Å². The molecule has 0 radical (unpaired) electrons. The average molecular weight is 563 g/mol. The molecule has 0 saturated heterocycles. The van der Waals surface area contributed by atoms with Gasteiger partial charge in [-0.05, 0) is 61.9 Å². The van der Waals surface area contributed by atoms with Crippen molar-refractivity contribution in [2.24, 2.45) is 0 Å². The molecule has 2 heterocycles. The Bertz CT molecular complexity index is 1850. The van der Waals surface area contributed by atoms with E-state index in [1.807, 2.05) is 24.3 Å². The van der Waals surface area contributed by atoms with E-state index < -0.39 is 0 Å². The van der Waals surface area contributed by atoms with Gasteiger partial charge in [0.05, 0.1) is 18.5 Å². The summed E-state index contributed by atoms with van der Waals surface area (Å²) in [5.41, 5.74) is 8.56. The van der Waals surface area contributed by atoms with Crippen molar-refractivity contribution in [1.82, 2.24) is 19.2 Å². The number of methoxy groups -OCH3 is 1. The molecule has 0 atom stereocenters. The van der Waals surface area contributed by atoms with Crippen molar-refractivity contribution in [2.75, 3.05) is 7.11 Å². The van der Waals surface area contributed by atoms with Gasteiger partial charge in [-0.25, -0.2) is 4.57 Å². The van der Waals surface area contributed by atoms with Crippen LogP contribution < -0.4 is 10.3 Å². The first-order valence-corrected chi connectivity index (χ1v) is 15.4. The molecule has 1 saturated carbocycles. The van der Waals surface area contributed by atoms with Gasteiger partial charge in [0, 0.05) is 22.3 Å². The van der Waals surface area contributed by atoms with Crippen LogP contribution in [0.1, 0.15) is 59.9 Å². The zero-order chi connectivity index (χ0) is 28.1. The van der Waals surface area contributed by atoms with Gasteiger partial charge in [-0.15, -0.1) is 10.2 Å². The fraction of sp³-hybridized carbons (Fsp3) is 0.324. The second kappa shape index (κ2) is 10.2. The van der Waals surface area contributed by atoms with Crippen LogP contribution in [0.25, 0.3) is 22.7 Å². The van der Waals surface area contributed by atoms with E-state index in [-0.39, 0.29) is 11.0 Å². The molecule has 2 aliphatic carbocycles. The number of fused-ring (bicyclic) bond motifs is 6. The van der Waals surface area contributed by atoms with Crippen LogP contribution in [-0.2, 0) is 17.6 Å². The Morgan fingerprint density at radius 1 is 0.951 bits per heavy atom. The maximum Gasteiger partial charge on any atom is 0.264 e. The second-order valence-corrected chi connectivity index (χ2v) is 12.5. The standard InChI is InChI=1S/C34H34N4O2S/c1-22-15-16-25(23(2)19-22)21-41-33-36-35-32-37(27-13-7-8-14-28(27)40-3)31(39)29-30(38(32)33)26-12-6-5-11-24(26)20-34(29)17-9-4-10-18-34/h5-8,11-16,19H,4,9-10,17-18,20-21H2,1-3H3. The lowest BCUT2D eigenvalue weighted by atomic mass is 9.62. The highest BCUT2D eigenvalue weighted by atomic mass is 32.2. The SMILES string of the molecule is COc1ccccc1-n1c(=O)c2c(n3c(SCc4ccc(C)cc4C)nnc13)-c1ccccc1CC21CCCCC1. The lowest BCUT2D eigenvalue weighted by Gasteiger charge is -2.42. The lowest BCUT2D eigenvalue weighted by molar-refractivity contribution is 0.284. The van der Waals surface area contributed by atoms with Crippen LogP contribution >= 0.6 is 11.8 Å². The molecule has 7 rings (SSSR count). The zero-order valence-corrected chi connectivity index (χ0v) is 24.6. The number of aryl methyl sites for hydroxylation is 2. The van der Waals surface area contributed by atoms with Gasteiger partial charge in [0.2, 0.25) is 5.78 Å². The third kappa shape index (κ3) is 4.21. The van der Waals surface area contributed by atoms with Gasteiger partial charge in [-0.3, -0.25) is 9.20 Å². The number of rotatable bonds is 5. The van der Waals surface area contributed by atoms with E-state index in [1.54, 1.807) is 23.4 Å². The number of nitrogens with zero attached hydrogens (tertiary/aromatic N) is 4. The Kier molecular flexibility index (Phi) is 6.50. The van der Waals surface area contributed by atoms with Gasteiger partial charge in [0.25, 0.3) is 5.56 Å². The molecule has 7 heteroatoms. The quantitative estimate of drug-likeness (QED) is 0.212. The van der Waals surface area contributed by atoms with Crippen LogP contribution in [0, 0.1) is 13.8 Å². The van der Waals surface area contributed by atoms with Crippen LogP contribution in [-0.4, -0.2) is 26.3 Å². The second-order valence-electron chi connectivity index (χ2n) is 11.5. The first-order chi connectivity index (χ1) is 20.0. The number of hydrogen-bond donors (Lipinski definition) is 0. The van der Waals surface area contributed by atoms with E-state index >= 15 is 0 Å². The van der Waals surface area contributed by atoms with Crippen LogP contribution in [0.3, 0.4) is 0 Å². The molecule has 5 aromatic rings. The summed E-state index contributed by atoms with van der Waals surface area (Å²) < 4.78 is 9.66. The van der Waals surface area contributed by atoms with Crippen LogP contribution in [0.4, 0.5) is 0 Å². The highest BCUT2D eigenvalue weighted by molar-refractivity contribution is 7.98. The van der Waals surface area contributed by atoms with Crippen molar-refractivity contribution >= 4 is 17.5 Å². The molecule has 2 aromatic heterocycles. The van der Waals surface area contributed by atoms with Crippen LogP contribution in [0.5, 0.6) is 5.75 Å². The fourth-order valence-corrected chi connectivity index (χ4v) is 8.05. The normalized spacial score (nSPS) is 15.6. The Morgan fingerprint density at radius 3 is 2.54 bits per heavy atom. The fourth-order valence-electron chi connectivity index (χ4n) is 7.04. The third-order valence-corrected chi connectivity index (χ3v) is 9.99. The van der Waals surface area contributed by atoms with Gasteiger partial charge in [0.1, 0.15) is 5.75 Å². The first-order valence-electron chi connectivity index (χ1n) is 14.5. The van der Waals surface area contributed by atoms with E-state index in [0.29, 0.717) is 17.2 Å². The molecule has 0 amide bonds. The molecular weight excluding hydrogens is 528 g/mol. The summed E-state index contributed by atoms with van der Waals surface area (Å²) in [6.45, 7) is 4.28. The highest BCUT2D eigenvalue weighted by Crippen LogP contribution is 2.50. The Labute approximate surface area is 244 Å². The predicted molar refractivity (Wildman–Crippen MR) is 165 cm³/mol. The molecule has 0 aliphatic heterocycles. The molecule has 1 spiro atoms. The first kappa shape index (κ1) is 26.1. The maximum atomic E-state index is 14.9. The predicted octanol–water partition coefficient (Wildman–Crippen LogP) is 7.22. The summed E-state index contributed by atoms with van der Waals surface area (Å²) in [4.78, 5) is 14.9. The summed E-state index contributed by atoms with van der Waals surface area (Å²) in [5.74, 6) is 1.92. The van der Waals surface area contributed by atoms with Crippen molar-refractivity contribution in [3.05, 3.63) is 105 Å². The monoisotopic (exact) mass is 562 g/mol. The molecule has 0 N–H and O–H groups in total. The van der Waals surface area contributed by atoms with Gasteiger partial charge >= 0.3 is 0 Å². The smallest absolute Gasteiger partial charge is 0.264 e. The number of para-hydroxylation sites is 2. The molecule has 3 aromatic carbocycles. The van der Waals surface area contributed by atoms with Crippen molar-refractivity contribution in [2.45, 2.75) is 68.7 Å². The van der Waals surface area contributed by atoms with Crippen molar-refractivity contribution < 1.29 is 4.74 Å². The highest BCUT2D eigenvalue weighted by Gasteiger charge is 2.44. The van der Waals surface area contributed by atoms with E-state index in [2.05, 4.69) is 60.7 Å². The molecule has 41 heavy (non-hydrogen) atoms. The minimum atomic E-state index is -0.212. The summed E-state index contributed by atoms with van der Waals surface area (Å²) >= 11 is 1.67. The van der Waals surface area contributed by atoms with E-state index in [1.165, 1.54) is 28.7 Å². The molecule has 1 fully saturated rings. The third-order valence-electron chi connectivity index (χ3n) is 9.02. The molecule has 0 unspecified atom stereocenters. The van der Waals surface area contributed by atoms with Crippen molar-refractivity contribution in [3.63, 3.8) is 0 Å². The van der Waals surface area contributed by atoms with E-state index in [9.17, 15) is 4.79 Å². The average Bonchev–Trinajstić information content (AvgIpc) is 3.40. The van der Waals surface area contributed by atoms with Gasteiger partial charge in [-0.1, -0.05) is 91.2 Å².